The number of aromatic amines is 1. The van der Waals surface area contributed by atoms with Crippen LogP contribution >= 0.6 is 12.2 Å². The molecule has 0 amide bonds. The molecule has 0 saturated carbocycles. The van der Waals surface area contributed by atoms with E-state index in [1.54, 1.807) is 18.5 Å². The highest BCUT2D eigenvalue weighted by Gasteiger charge is 2.27. The third-order valence-electron chi connectivity index (χ3n) is 4.27. The number of nitrogens with zero attached hydrogens (tertiary/aromatic N) is 4. The van der Waals surface area contributed by atoms with E-state index in [0.29, 0.717) is 30.3 Å². The number of aromatic nitrogens is 3. The molecule has 0 unspecified atom stereocenters. The molecule has 8 heteroatoms. The van der Waals surface area contributed by atoms with Crippen molar-refractivity contribution in [2.45, 2.75) is 6.54 Å². The molecule has 2 aromatic heterocycles. The van der Waals surface area contributed by atoms with Crippen molar-refractivity contribution >= 4 is 23.1 Å². The fraction of sp³-hybridized carbons (Fsp3) is 0.167. The zero-order valence-electron chi connectivity index (χ0n) is 13.8. The molecule has 26 heavy (non-hydrogen) atoms. The topological polar surface area (TPSA) is 68.3 Å². The molecular weight excluding hydrogens is 353 g/mol. The predicted octanol–water partition coefficient (Wildman–Crippen LogP) is 2.92. The van der Waals surface area contributed by atoms with E-state index in [0.717, 1.165) is 23.0 Å². The molecule has 3 heterocycles. The lowest BCUT2D eigenvalue weighted by molar-refractivity contribution is 0.448. The normalized spacial score (nSPS) is 14.3. The van der Waals surface area contributed by atoms with E-state index in [1.807, 2.05) is 28.1 Å². The van der Waals surface area contributed by atoms with Crippen molar-refractivity contribution in [3.63, 3.8) is 0 Å². The number of pyridine rings is 1. The van der Waals surface area contributed by atoms with Gasteiger partial charge in [0.05, 0.1) is 6.20 Å². The Morgan fingerprint density at radius 1 is 1.15 bits per heavy atom. The Hall–Kier alpha value is -3.00. The van der Waals surface area contributed by atoms with E-state index >= 15 is 0 Å². The predicted molar refractivity (Wildman–Crippen MR) is 100 cm³/mol. The molecule has 0 spiro atoms. The second-order valence-corrected chi connectivity index (χ2v) is 6.43. The van der Waals surface area contributed by atoms with Gasteiger partial charge in [-0.1, -0.05) is 0 Å². The van der Waals surface area contributed by atoms with E-state index in [1.165, 1.54) is 6.07 Å². The highest BCUT2D eigenvalue weighted by atomic mass is 32.1. The van der Waals surface area contributed by atoms with Crippen LogP contribution in [-0.2, 0) is 6.54 Å². The van der Waals surface area contributed by atoms with Crippen LogP contribution < -0.4 is 4.90 Å². The van der Waals surface area contributed by atoms with Gasteiger partial charge in [-0.2, -0.15) is 5.10 Å². The number of nitrogens with one attached hydrogen (secondary N) is 1. The van der Waals surface area contributed by atoms with Crippen LogP contribution in [0.25, 0.3) is 11.1 Å². The summed E-state index contributed by atoms with van der Waals surface area (Å²) >= 11 is 5.56. The Labute approximate surface area is 154 Å². The summed E-state index contributed by atoms with van der Waals surface area (Å²) < 4.78 is 13.5. The maximum atomic E-state index is 13.5. The number of hydrogen-bond acceptors (Lipinski definition) is 4. The number of H-pyrrole nitrogens is 1. The largest absolute Gasteiger partial charge is 0.508 e. The average Bonchev–Trinajstić information content (AvgIpc) is 3.25. The van der Waals surface area contributed by atoms with Crippen LogP contribution in [0, 0.1) is 5.82 Å². The standard InChI is InChI=1S/C18H16FN5OS/c19-15-5-12(6-16(25)7-15)11-23-3-4-24(18(23)26)17-2-1-13(8-20-17)14-9-21-22-10-14/h1-2,5-10,25H,3-4,11H2,(H,21,22). The zero-order chi connectivity index (χ0) is 18.1. The maximum Gasteiger partial charge on any atom is 0.177 e. The molecule has 1 aliphatic heterocycles. The first-order chi connectivity index (χ1) is 12.6. The van der Waals surface area contributed by atoms with Crippen LogP contribution in [-0.4, -0.2) is 43.4 Å². The average molecular weight is 369 g/mol. The van der Waals surface area contributed by atoms with Gasteiger partial charge in [0.2, 0.25) is 0 Å². The minimum absolute atomic E-state index is 0.0847. The second-order valence-electron chi connectivity index (χ2n) is 6.07. The zero-order valence-corrected chi connectivity index (χ0v) is 14.6. The highest BCUT2D eigenvalue weighted by molar-refractivity contribution is 7.80. The SMILES string of the molecule is Oc1cc(F)cc(CN2CCN(c3ccc(-c4cn[nH]c4)cn3)C2=S)c1. The van der Waals surface area contributed by atoms with Crippen LogP contribution in [0.4, 0.5) is 10.2 Å². The molecule has 1 aromatic carbocycles. The lowest BCUT2D eigenvalue weighted by Gasteiger charge is -2.21. The Balaban J connectivity index is 1.48. The minimum atomic E-state index is -0.460. The van der Waals surface area contributed by atoms with Crippen LogP contribution in [0.1, 0.15) is 5.56 Å². The Morgan fingerprint density at radius 3 is 2.73 bits per heavy atom. The van der Waals surface area contributed by atoms with Crippen LogP contribution in [0.5, 0.6) is 5.75 Å². The fourth-order valence-corrected chi connectivity index (χ4v) is 3.35. The minimum Gasteiger partial charge on any atom is -0.508 e. The molecule has 6 nitrogen and oxygen atoms in total. The van der Waals surface area contributed by atoms with E-state index in [-0.39, 0.29) is 5.75 Å². The van der Waals surface area contributed by atoms with E-state index in [9.17, 15) is 9.50 Å². The molecule has 1 saturated heterocycles. The number of aromatic hydroxyl groups is 1. The van der Waals surface area contributed by atoms with Gasteiger partial charge in [0.15, 0.2) is 5.11 Å². The van der Waals surface area contributed by atoms with Crippen molar-refractivity contribution in [1.82, 2.24) is 20.1 Å². The summed E-state index contributed by atoms with van der Waals surface area (Å²) in [5.41, 5.74) is 2.62. The number of rotatable bonds is 4. The first-order valence-corrected chi connectivity index (χ1v) is 8.51. The molecule has 2 N–H and O–H groups in total. The summed E-state index contributed by atoms with van der Waals surface area (Å²) in [6.07, 6.45) is 5.34. The summed E-state index contributed by atoms with van der Waals surface area (Å²) in [5, 5.41) is 16.9. The number of phenols is 1. The van der Waals surface area contributed by atoms with Gasteiger partial charge in [-0.3, -0.25) is 5.10 Å². The monoisotopic (exact) mass is 369 g/mol. The molecule has 0 aliphatic carbocycles. The molecule has 0 bridgehead atoms. The summed E-state index contributed by atoms with van der Waals surface area (Å²) in [5.74, 6) is 0.226. The van der Waals surface area contributed by atoms with E-state index in [2.05, 4.69) is 15.2 Å². The molecule has 132 valence electrons. The van der Waals surface area contributed by atoms with Crippen LogP contribution in [0.15, 0.2) is 48.9 Å². The molecular formula is C18H16FN5OS. The number of thiocarbonyl (C=S) groups is 1. The molecule has 0 atom stereocenters. The lowest BCUT2D eigenvalue weighted by Crippen LogP contribution is -2.31. The van der Waals surface area contributed by atoms with Crippen molar-refractivity contribution < 1.29 is 9.50 Å². The molecule has 3 aromatic rings. The fourth-order valence-electron chi connectivity index (χ4n) is 3.01. The number of phenolic OH excluding ortho intramolecular Hbond substituents is 1. The Bertz CT molecular complexity index is 909. The third kappa shape index (κ3) is 3.23. The smallest absolute Gasteiger partial charge is 0.177 e. The van der Waals surface area contributed by atoms with Crippen molar-refractivity contribution in [2.24, 2.45) is 0 Å². The van der Waals surface area contributed by atoms with Gasteiger partial charge in [0.25, 0.3) is 0 Å². The van der Waals surface area contributed by atoms with Crippen molar-refractivity contribution in [3.05, 3.63) is 60.3 Å². The van der Waals surface area contributed by atoms with Gasteiger partial charge < -0.3 is 14.9 Å². The first kappa shape index (κ1) is 16.5. The highest BCUT2D eigenvalue weighted by Crippen LogP contribution is 2.24. The molecule has 0 radical (unpaired) electrons. The van der Waals surface area contributed by atoms with Crippen molar-refractivity contribution in [1.29, 1.82) is 0 Å². The van der Waals surface area contributed by atoms with E-state index in [4.69, 9.17) is 12.2 Å². The number of benzene rings is 1. The van der Waals surface area contributed by atoms with Crippen molar-refractivity contribution in [3.8, 4) is 16.9 Å². The Kier molecular flexibility index (Phi) is 4.26. The Morgan fingerprint density at radius 2 is 2.04 bits per heavy atom. The maximum absolute atomic E-state index is 13.5. The number of hydrogen-bond donors (Lipinski definition) is 2. The van der Waals surface area contributed by atoms with Gasteiger partial charge in [0.1, 0.15) is 17.4 Å². The second kappa shape index (κ2) is 6.72. The van der Waals surface area contributed by atoms with Gasteiger partial charge in [-0.05, 0) is 42.0 Å². The quantitative estimate of drug-likeness (QED) is 0.690. The van der Waals surface area contributed by atoms with E-state index < -0.39 is 5.82 Å². The summed E-state index contributed by atoms with van der Waals surface area (Å²) in [7, 11) is 0. The molecule has 4 rings (SSSR count). The van der Waals surface area contributed by atoms with Crippen LogP contribution in [0.3, 0.4) is 0 Å². The van der Waals surface area contributed by atoms with Gasteiger partial charge in [0, 0.05) is 49.2 Å². The lowest BCUT2D eigenvalue weighted by atomic mass is 10.2. The third-order valence-corrected chi connectivity index (χ3v) is 4.75. The van der Waals surface area contributed by atoms with Gasteiger partial charge in [-0.25, -0.2) is 9.37 Å². The van der Waals surface area contributed by atoms with Gasteiger partial charge in [-0.15, -0.1) is 0 Å². The molecule has 1 aliphatic rings. The van der Waals surface area contributed by atoms with Crippen LogP contribution in [0.2, 0.25) is 0 Å². The molecule has 1 fully saturated rings. The van der Waals surface area contributed by atoms with Crippen molar-refractivity contribution in [2.75, 3.05) is 18.0 Å². The van der Waals surface area contributed by atoms with Gasteiger partial charge >= 0.3 is 0 Å². The summed E-state index contributed by atoms with van der Waals surface area (Å²) in [4.78, 5) is 8.43. The summed E-state index contributed by atoms with van der Waals surface area (Å²) in [6.45, 7) is 1.85. The first-order valence-electron chi connectivity index (χ1n) is 8.10. The summed E-state index contributed by atoms with van der Waals surface area (Å²) in [6, 6.07) is 7.94. The number of halogens is 1. The number of anilines is 1.